The van der Waals surface area contributed by atoms with Crippen LogP contribution in [0.15, 0.2) is 48.2 Å². The number of hydrogen-bond donors (Lipinski definition) is 1. The van der Waals surface area contributed by atoms with Crippen LogP contribution in [0.25, 0.3) is 0 Å². The van der Waals surface area contributed by atoms with Gasteiger partial charge in [-0.3, -0.25) is 4.79 Å². The van der Waals surface area contributed by atoms with E-state index >= 15 is 0 Å². The van der Waals surface area contributed by atoms with Crippen LogP contribution in [0.2, 0.25) is 5.02 Å². The molecule has 7 heteroatoms. The normalized spacial score (nSPS) is 10.4. The van der Waals surface area contributed by atoms with E-state index in [1.165, 1.54) is 0 Å². The van der Waals surface area contributed by atoms with Gasteiger partial charge in [-0.15, -0.1) is 0 Å². The molecule has 20 heavy (non-hydrogen) atoms. The van der Waals surface area contributed by atoms with E-state index in [0.717, 1.165) is 13.4 Å². The molecule has 0 fully saturated rings. The first-order valence-electron chi connectivity index (χ1n) is 5.30. The summed E-state index contributed by atoms with van der Waals surface area (Å²) in [6, 6.07) is 8.91. The monoisotopic (exact) mass is 543 g/mol. The van der Waals surface area contributed by atoms with Crippen molar-refractivity contribution in [2.45, 2.75) is 0 Å². The van der Waals surface area contributed by atoms with Crippen molar-refractivity contribution >= 4 is 86.9 Å². The molecule has 1 N–H and O–H groups in total. The molecule has 0 bridgehead atoms. The van der Waals surface area contributed by atoms with E-state index in [1.807, 2.05) is 12.1 Å². The van der Waals surface area contributed by atoms with E-state index in [4.69, 9.17) is 11.6 Å². The molecular formula is C13H6Br4ClNO. The van der Waals surface area contributed by atoms with Crippen LogP contribution in [0.3, 0.4) is 0 Å². The standard InChI is InChI=1S/C13H6Br4ClNO/c14-6-4-9(16)12(10(17)5-6)19-13(20)7-2-1-3-8(15)11(7)18/h1-5H,(H,19,20). The minimum Gasteiger partial charge on any atom is -0.320 e. The number of benzene rings is 2. The fourth-order valence-electron chi connectivity index (χ4n) is 1.52. The minimum absolute atomic E-state index is 0.278. The molecule has 2 nitrogen and oxygen atoms in total. The third-order valence-electron chi connectivity index (χ3n) is 2.44. The lowest BCUT2D eigenvalue weighted by molar-refractivity contribution is 0.102. The highest BCUT2D eigenvalue weighted by molar-refractivity contribution is 9.11. The van der Waals surface area contributed by atoms with E-state index in [0.29, 0.717) is 20.7 Å². The number of amides is 1. The van der Waals surface area contributed by atoms with Gasteiger partial charge in [0.2, 0.25) is 0 Å². The number of halogens is 5. The number of carbonyl (C=O) groups excluding carboxylic acids is 1. The van der Waals surface area contributed by atoms with Crippen molar-refractivity contribution in [1.82, 2.24) is 0 Å². The molecule has 2 rings (SSSR count). The molecule has 0 unspecified atom stereocenters. The van der Waals surface area contributed by atoms with Crippen LogP contribution >= 0.6 is 75.3 Å². The van der Waals surface area contributed by atoms with Gasteiger partial charge in [0.05, 0.1) is 16.3 Å². The lowest BCUT2D eigenvalue weighted by Crippen LogP contribution is -2.13. The topological polar surface area (TPSA) is 29.1 Å². The molecule has 0 atom stereocenters. The predicted octanol–water partition coefficient (Wildman–Crippen LogP) is 6.64. The summed E-state index contributed by atoms with van der Waals surface area (Å²) in [6.07, 6.45) is 0. The smallest absolute Gasteiger partial charge is 0.257 e. The number of hydrogen-bond acceptors (Lipinski definition) is 1. The van der Waals surface area contributed by atoms with Crippen LogP contribution in [0.4, 0.5) is 5.69 Å². The van der Waals surface area contributed by atoms with E-state index in [-0.39, 0.29) is 5.91 Å². The third-order valence-corrected chi connectivity index (χ3v) is 5.45. The molecule has 0 saturated carbocycles. The van der Waals surface area contributed by atoms with Crippen LogP contribution in [-0.4, -0.2) is 5.91 Å². The van der Waals surface area contributed by atoms with E-state index in [1.54, 1.807) is 18.2 Å². The lowest BCUT2D eigenvalue weighted by atomic mass is 10.2. The average molecular weight is 547 g/mol. The Hall–Kier alpha value is 0.120. The van der Waals surface area contributed by atoms with Crippen molar-refractivity contribution in [2.24, 2.45) is 0 Å². The van der Waals surface area contributed by atoms with Crippen molar-refractivity contribution in [3.63, 3.8) is 0 Å². The van der Waals surface area contributed by atoms with Gasteiger partial charge in [0.1, 0.15) is 0 Å². The zero-order valence-corrected chi connectivity index (χ0v) is 16.8. The Morgan fingerprint density at radius 2 is 1.60 bits per heavy atom. The number of rotatable bonds is 2. The van der Waals surface area contributed by atoms with E-state index in [2.05, 4.69) is 69.0 Å². The second-order valence-corrected chi connectivity index (χ2v) is 7.66. The molecule has 0 heterocycles. The van der Waals surface area contributed by atoms with Gasteiger partial charge in [-0.05, 0) is 72.1 Å². The summed E-state index contributed by atoms with van der Waals surface area (Å²) >= 11 is 19.6. The van der Waals surface area contributed by atoms with Crippen molar-refractivity contribution in [1.29, 1.82) is 0 Å². The summed E-state index contributed by atoms with van der Waals surface area (Å²) < 4.78 is 3.10. The van der Waals surface area contributed by atoms with Gasteiger partial charge in [0.25, 0.3) is 5.91 Å². The Kier molecular flexibility index (Phi) is 5.71. The quantitative estimate of drug-likeness (QED) is 0.449. The maximum atomic E-state index is 12.3. The number of nitrogens with one attached hydrogen (secondary N) is 1. The molecule has 2 aromatic carbocycles. The summed E-state index contributed by atoms with van der Waals surface area (Å²) in [7, 11) is 0. The Bertz CT molecular complexity index is 667. The zero-order chi connectivity index (χ0) is 14.9. The molecule has 0 radical (unpaired) electrons. The molecular weight excluding hydrogens is 541 g/mol. The van der Waals surface area contributed by atoms with Crippen LogP contribution in [-0.2, 0) is 0 Å². The van der Waals surface area contributed by atoms with Gasteiger partial charge in [-0.2, -0.15) is 0 Å². The zero-order valence-electron chi connectivity index (χ0n) is 9.68. The SMILES string of the molecule is O=C(Nc1c(Br)cc(Br)cc1Br)c1cccc(Br)c1Cl. The fraction of sp³-hybridized carbons (Fsp3) is 0. The van der Waals surface area contributed by atoms with Crippen molar-refractivity contribution in [2.75, 3.05) is 5.32 Å². The number of carbonyl (C=O) groups is 1. The van der Waals surface area contributed by atoms with Gasteiger partial charge in [-0.1, -0.05) is 33.6 Å². The van der Waals surface area contributed by atoms with Gasteiger partial charge in [-0.25, -0.2) is 0 Å². The first-order valence-corrected chi connectivity index (χ1v) is 8.85. The highest BCUT2D eigenvalue weighted by Crippen LogP contribution is 2.35. The summed E-state index contributed by atoms with van der Waals surface area (Å²) in [5.74, 6) is -0.278. The van der Waals surface area contributed by atoms with E-state index in [9.17, 15) is 4.79 Å². The Morgan fingerprint density at radius 3 is 2.20 bits per heavy atom. The second kappa shape index (κ2) is 6.92. The molecule has 0 saturated heterocycles. The maximum Gasteiger partial charge on any atom is 0.257 e. The van der Waals surface area contributed by atoms with Crippen LogP contribution in [0.5, 0.6) is 0 Å². The van der Waals surface area contributed by atoms with Crippen LogP contribution < -0.4 is 5.32 Å². The fourth-order valence-corrected chi connectivity index (χ4v) is 4.56. The lowest BCUT2D eigenvalue weighted by Gasteiger charge is -2.11. The maximum absolute atomic E-state index is 12.3. The van der Waals surface area contributed by atoms with E-state index < -0.39 is 0 Å². The Morgan fingerprint density at radius 1 is 1.00 bits per heavy atom. The highest BCUT2D eigenvalue weighted by atomic mass is 79.9. The van der Waals surface area contributed by atoms with Gasteiger partial charge >= 0.3 is 0 Å². The largest absolute Gasteiger partial charge is 0.320 e. The first-order chi connectivity index (χ1) is 9.40. The summed E-state index contributed by atoms with van der Waals surface area (Å²) in [6.45, 7) is 0. The Labute approximate surface area is 154 Å². The molecule has 0 aliphatic rings. The van der Waals surface area contributed by atoms with Crippen LogP contribution in [0, 0.1) is 0 Å². The summed E-state index contributed by atoms with van der Waals surface area (Å²) in [5.41, 5.74) is 1.05. The minimum atomic E-state index is -0.278. The summed E-state index contributed by atoms with van der Waals surface area (Å²) in [5, 5.41) is 3.21. The predicted molar refractivity (Wildman–Crippen MR) is 96.6 cm³/mol. The third kappa shape index (κ3) is 3.65. The molecule has 0 aliphatic carbocycles. The van der Waals surface area contributed by atoms with Crippen molar-refractivity contribution in [3.05, 3.63) is 58.8 Å². The second-order valence-electron chi connectivity index (χ2n) is 3.80. The highest BCUT2D eigenvalue weighted by Gasteiger charge is 2.15. The molecule has 0 aromatic heterocycles. The van der Waals surface area contributed by atoms with Crippen LogP contribution in [0.1, 0.15) is 10.4 Å². The summed E-state index contributed by atoms with van der Waals surface area (Å²) in [4.78, 5) is 12.3. The Balaban J connectivity index is 2.36. The average Bonchev–Trinajstić information content (AvgIpc) is 2.36. The molecule has 2 aromatic rings. The van der Waals surface area contributed by atoms with Gasteiger partial charge in [0.15, 0.2) is 0 Å². The van der Waals surface area contributed by atoms with Crippen molar-refractivity contribution in [3.8, 4) is 0 Å². The molecule has 0 spiro atoms. The molecule has 0 aliphatic heterocycles. The van der Waals surface area contributed by atoms with Crippen molar-refractivity contribution < 1.29 is 4.79 Å². The van der Waals surface area contributed by atoms with Gasteiger partial charge in [0, 0.05) is 17.9 Å². The first kappa shape index (κ1) is 16.5. The molecule has 1 amide bonds. The van der Waals surface area contributed by atoms with Gasteiger partial charge < -0.3 is 5.32 Å². The molecule has 104 valence electrons. The number of anilines is 1.